The number of hydrogen-bond donors (Lipinski definition) is 2. The van der Waals surface area contributed by atoms with E-state index in [2.05, 4.69) is 10.4 Å². The van der Waals surface area contributed by atoms with Crippen LogP contribution in [0.15, 0.2) is 30.2 Å². The van der Waals surface area contributed by atoms with Crippen molar-refractivity contribution in [3.8, 4) is 0 Å². The summed E-state index contributed by atoms with van der Waals surface area (Å²) in [6, 6.07) is 3.98. The van der Waals surface area contributed by atoms with Gasteiger partial charge in [0, 0.05) is 11.9 Å². The summed E-state index contributed by atoms with van der Waals surface area (Å²) in [5.41, 5.74) is 6.14. The fraction of sp³-hybridized carbons (Fsp3) is 0.417. The number of ether oxygens (including phenoxy) is 1. The lowest BCUT2D eigenvalue weighted by atomic mass is 9.95. The second kappa shape index (κ2) is 5.09. The predicted octanol–water partition coefficient (Wildman–Crippen LogP) is 1.59. The third-order valence-electron chi connectivity index (χ3n) is 2.86. The van der Waals surface area contributed by atoms with Crippen LogP contribution in [0.4, 0.5) is 0 Å². The zero-order valence-electron chi connectivity index (χ0n) is 9.44. The summed E-state index contributed by atoms with van der Waals surface area (Å²) in [6.07, 6.45) is 5.67. The number of nitrogens with zero attached hydrogens (tertiary/aromatic N) is 1. The highest BCUT2D eigenvalue weighted by atomic mass is 16.5. The van der Waals surface area contributed by atoms with Gasteiger partial charge in [0.2, 0.25) is 0 Å². The fourth-order valence-electron chi connectivity index (χ4n) is 2.00. The molecule has 86 valence electrons. The second-order valence-electron chi connectivity index (χ2n) is 3.94. The summed E-state index contributed by atoms with van der Waals surface area (Å²) >= 11 is 0. The molecule has 1 atom stereocenters. The van der Waals surface area contributed by atoms with Gasteiger partial charge in [-0.05, 0) is 37.0 Å². The average Bonchev–Trinajstić information content (AvgIpc) is 2.34. The first kappa shape index (κ1) is 11.1. The Hall–Kier alpha value is -1.39. The lowest BCUT2D eigenvalue weighted by molar-refractivity contribution is 0.219. The Balaban J connectivity index is 2.28. The van der Waals surface area contributed by atoms with Crippen LogP contribution < -0.4 is 11.3 Å². The molecule has 1 unspecified atom stereocenters. The van der Waals surface area contributed by atoms with Crippen LogP contribution in [0.5, 0.6) is 0 Å². The number of nitrogens with two attached hydrogens (primary N) is 1. The fourth-order valence-corrected chi connectivity index (χ4v) is 2.00. The van der Waals surface area contributed by atoms with Gasteiger partial charge in [0.1, 0.15) is 0 Å². The minimum atomic E-state index is 0.00833. The molecule has 0 amide bonds. The molecule has 16 heavy (non-hydrogen) atoms. The van der Waals surface area contributed by atoms with Crippen LogP contribution in [-0.2, 0) is 4.74 Å². The van der Waals surface area contributed by atoms with E-state index in [-0.39, 0.29) is 6.04 Å². The molecule has 4 nitrogen and oxygen atoms in total. The molecule has 0 aliphatic carbocycles. The topological polar surface area (TPSA) is 60.2 Å². The zero-order valence-corrected chi connectivity index (χ0v) is 9.44. The molecular weight excluding hydrogens is 202 g/mol. The van der Waals surface area contributed by atoms with Crippen molar-refractivity contribution in [2.75, 3.05) is 6.61 Å². The predicted molar refractivity (Wildman–Crippen MR) is 62.3 cm³/mol. The number of aryl methyl sites for hydroxylation is 1. The van der Waals surface area contributed by atoms with Crippen molar-refractivity contribution in [2.24, 2.45) is 5.84 Å². The first-order chi connectivity index (χ1) is 7.83. The van der Waals surface area contributed by atoms with Crippen molar-refractivity contribution in [3.05, 3.63) is 41.4 Å². The van der Waals surface area contributed by atoms with Gasteiger partial charge in [-0.1, -0.05) is 6.07 Å². The molecule has 0 fully saturated rings. The Morgan fingerprint density at radius 1 is 1.56 bits per heavy atom. The summed E-state index contributed by atoms with van der Waals surface area (Å²) in [5.74, 6) is 5.63. The average molecular weight is 219 g/mol. The molecule has 1 aromatic heterocycles. The molecule has 1 aliphatic rings. The lowest BCUT2D eigenvalue weighted by Gasteiger charge is -2.23. The van der Waals surface area contributed by atoms with Crippen LogP contribution in [0.2, 0.25) is 0 Å². The molecular formula is C12H17N3O. The van der Waals surface area contributed by atoms with E-state index >= 15 is 0 Å². The van der Waals surface area contributed by atoms with Gasteiger partial charge in [0.15, 0.2) is 0 Å². The Morgan fingerprint density at radius 3 is 3.06 bits per heavy atom. The summed E-state index contributed by atoms with van der Waals surface area (Å²) in [7, 11) is 0. The lowest BCUT2D eigenvalue weighted by Crippen LogP contribution is -2.31. The molecule has 0 aromatic carbocycles. The van der Waals surface area contributed by atoms with Gasteiger partial charge in [-0.3, -0.25) is 10.8 Å². The van der Waals surface area contributed by atoms with Gasteiger partial charge in [-0.25, -0.2) is 5.43 Å². The zero-order chi connectivity index (χ0) is 11.4. The van der Waals surface area contributed by atoms with Crippen LogP contribution in [0.3, 0.4) is 0 Å². The summed E-state index contributed by atoms with van der Waals surface area (Å²) in [5, 5.41) is 0. The quantitative estimate of drug-likeness (QED) is 0.598. The maximum Gasteiger partial charge on any atom is 0.0876 e. The van der Waals surface area contributed by atoms with Crippen molar-refractivity contribution < 1.29 is 4.74 Å². The number of aromatic nitrogens is 1. The van der Waals surface area contributed by atoms with Crippen molar-refractivity contribution in [3.63, 3.8) is 0 Å². The van der Waals surface area contributed by atoms with Crippen LogP contribution in [0.25, 0.3) is 0 Å². The van der Waals surface area contributed by atoms with Gasteiger partial charge >= 0.3 is 0 Å². The van der Waals surface area contributed by atoms with Crippen molar-refractivity contribution >= 4 is 0 Å². The van der Waals surface area contributed by atoms with Crippen LogP contribution in [0.1, 0.15) is 30.1 Å². The van der Waals surface area contributed by atoms with Crippen LogP contribution in [-0.4, -0.2) is 11.6 Å². The second-order valence-corrected chi connectivity index (χ2v) is 3.94. The first-order valence-electron chi connectivity index (χ1n) is 5.51. The first-order valence-corrected chi connectivity index (χ1v) is 5.51. The SMILES string of the molecule is Cc1ncccc1C(NN)C1=COCCC1. The molecule has 0 saturated heterocycles. The Morgan fingerprint density at radius 2 is 2.44 bits per heavy atom. The molecule has 2 rings (SSSR count). The Bertz CT molecular complexity index is 390. The third kappa shape index (κ3) is 2.23. The largest absolute Gasteiger partial charge is 0.501 e. The highest BCUT2D eigenvalue weighted by Crippen LogP contribution is 2.27. The van der Waals surface area contributed by atoms with E-state index < -0.39 is 0 Å². The van der Waals surface area contributed by atoms with E-state index in [0.717, 1.165) is 30.7 Å². The summed E-state index contributed by atoms with van der Waals surface area (Å²) in [4.78, 5) is 4.28. The molecule has 0 spiro atoms. The van der Waals surface area contributed by atoms with E-state index in [9.17, 15) is 0 Å². The third-order valence-corrected chi connectivity index (χ3v) is 2.86. The number of hydrogen-bond acceptors (Lipinski definition) is 4. The smallest absolute Gasteiger partial charge is 0.0876 e. The van der Waals surface area contributed by atoms with E-state index in [0.29, 0.717) is 0 Å². The van der Waals surface area contributed by atoms with Crippen molar-refractivity contribution in [2.45, 2.75) is 25.8 Å². The van der Waals surface area contributed by atoms with E-state index in [1.807, 2.05) is 25.3 Å². The molecule has 2 heterocycles. The standard InChI is InChI=1S/C12H17N3O/c1-9-11(5-2-6-14-9)12(15-13)10-4-3-7-16-8-10/h2,5-6,8,12,15H,3-4,7,13H2,1H3. The van der Waals surface area contributed by atoms with Gasteiger partial charge in [0.05, 0.1) is 18.9 Å². The van der Waals surface area contributed by atoms with Crippen molar-refractivity contribution in [1.29, 1.82) is 0 Å². The maximum absolute atomic E-state index is 5.63. The molecule has 0 bridgehead atoms. The molecule has 4 heteroatoms. The highest BCUT2D eigenvalue weighted by molar-refractivity contribution is 5.30. The minimum Gasteiger partial charge on any atom is -0.501 e. The van der Waals surface area contributed by atoms with Gasteiger partial charge in [-0.2, -0.15) is 0 Å². The number of nitrogens with one attached hydrogen (secondary N) is 1. The Labute approximate surface area is 95.5 Å². The number of rotatable bonds is 3. The molecule has 3 N–H and O–H groups in total. The molecule has 1 aliphatic heterocycles. The molecule has 0 saturated carbocycles. The van der Waals surface area contributed by atoms with Gasteiger partial charge in [0.25, 0.3) is 0 Å². The minimum absolute atomic E-state index is 0.00833. The van der Waals surface area contributed by atoms with E-state index in [1.165, 1.54) is 5.57 Å². The molecule has 1 aromatic rings. The number of hydrazine groups is 1. The van der Waals surface area contributed by atoms with Crippen LogP contribution in [0, 0.1) is 6.92 Å². The maximum atomic E-state index is 5.63. The summed E-state index contributed by atoms with van der Waals surface area (Å²) < 4.78 is 5.35. The monoisotopic (exact) mass is 219 g/mol. The summed E-state index contributed by atoms with van der Waals surface area (Å²) in [6.45, 7) is 2.79. The van der Waals surface area contributed by atoms with Gasteiger partial charge in [-0.15, -0.1) is 0 Å². The Kier molecular flexibility index (Phi) is 3.54. The number of pyridine rings is 1. The van der Waals surface area contributed by atoms with Gasteiger partial charge < -0.3 is 4.74 Å². The van der Waals surface area contributed by atoms with E-state index in [4.69, 9.17) is 10.6 Å². The van der Waals surface area contributed by atoms with Crippen molar-refractivity contribution in [1.82, 2.24) is 10.4 Å². The van der Waals surface area contributed by atoms with E-state index in [1.54, 1.807) is 6.20 Å². The molecule has 0 radical (unpaired) electrons. The normalized spacial score (nSPS) is 17.5. The van der Waals surface area contributed by atoms with Crippen LogP contribution >= 0.6 is 0 Å². The highest BCUT2D eigenvalue weighted by Gasteiger charge is 2.19.